The van der Waals surface area contributed by atoms with Gasteiger partial charge in [-0.05, 0) is 69.5 Å². The Hall–Kier alpha value is -6.37. The third-order valence-corrected chi connectivity index (χ3v) is 7.60. The van der Waals surface area contributed by atoms with Crippen LogP contribution in [0, 0.1) is 16.6 Å². The zero-order valence-corrected chi connectivity index (χ0v) is 32.9. The third kappa shape index (κ3) is 11.8. The van der Waals surface area contributed by atoms with Crippen LogP contribution in [0.2, 0.25) is 0 Å². The van der Waals surface area contributed by atoms with E-state index in [1.54, 1.807) is 44.2 Å². The molecule has 0 saturated heterocycles. The predicted octanol–water partition coefficient (Wildman–Crippen LogP) is 4.52. The Bertz CT molecular complexity index is 2030. The molecular formula is C38H47FN8O10. The molecule has 2 aromatic heterocycles. The van der Waals surface area contributed by atoms with E-state index in [0.717, 1.165) is 4.68 Å². The summed E-state index contributed by atoms with van der Waals surface area (Å²) in [5.74, 6) is -2.75. The molecule has 57 heavy (non-hydrogen) atoms. The van der Waals surface area contributed by atoms with Gasteiger partial charge in [-0.1, -0.05) is 20.8 Å². The number of aliphatic imine (C=N–C) groups is 1. The maximum atomic E-state index is 16.4. The Balaban J connectivity index is 1.74. The molecule has 0 aliphatic heterocycles. The number of ether oxygens (including phenoxy) is 6. The largest absolute Gasteiger partial charge is 0.497 e. The summed E-state index contributed by atoms with van der Waals surface area (Å²) >= 11 is 0. The second kappa shape index (κ2) is 19.0. The highest BCUT2D eigenvalue weighted by molar-refractivity contribution is 6.03. The fraction of sp³-hybridized carbons (Fsp3) is 0.421. The van der Waals surface area contributed by atoms with Crippen molar-refractivity contribution in [3.63, 3.8) is 0 Å². The SMILES string of the molecule is COc1cc(OCCO)c(F)c(C(Nc2ccc(C(N)=NC(=O)OCC(C)(C)C)cc2)c2nc(OCOC(=O)C(C)(C)C(=O)OC(C)C)n(-c3ncccn3)n2)c1. The van der Waals surface area contributed by atoms with Gasteiger partial charge in [-0.25, -0.2) is 19.2 Å². The zero-order chi connectivity index (χ0) is 41.9. The molecular weight excluding hydrogens is 747 g/mol. The second-order valence-electron chi connectivity index (χ2n) is 14.4. The summed E-state index contributed by atoms with van der Waals surface area (Å²) in [6.45, 7) is 10.6. The van der Waals surface area contributed by atoms with Crippen LogP contribution in [0.3, 0.4) is 0 Å². The Labute approximate surface area is 328 Å². The van der Waals surface area contributed by atoms with Crippen molar-refractivity contribution < 1.29 is 52.3 Å². The van der Waals surface area contributed by atoms with Gasteiger partial charge in [0.25, 0.3) is 5.95 Å². The number of benzene rings is 2. The Morgan fingerprint density at radius 2 is 1.68 bits per heavy atom. The Kier molecular flexibility index (Phi) is 14.4. The summed E-state index contributed by atoms with van der Waals surface area (Å²) in [7, 11) is 1.38. The standard InChI is InChI=1S/C38H47FN8O10/c1-22(2)57-33(50)38(6,7)32(49)55-21-56-35-45-31(46-47(35)34-41-14-9-15-42-34)29(26-18-25(52-8)19-27(28(26)39)53-17-16-48)43-24-12-10-23(11-13-24)30(40)44-36(51)54-20-37(3,4)5/h9-15,18-19,22,29,43,48H,16-17,20-21H2,1-8H3,(H2,40,44,51). The molecule has 4 N–H and O–H groups in total. The van der Waals surface area contributed by atoms with Crippen molar-refractivity contribution in [2.45, 2.75) is 60.6 Å². The lowest BCUT2D eigenvalue weighted by molar-refractivity contribution is -0.175. The van der Waals surface area contributed by atoms with E-state index >= 15 is 4.39 Å². The first-order valence-electron chi connectivity index (χ1n) is 17.7. The number of amidine groups is 1. The molecule has 0 aliphatic carbocycles. The molecule has 1 amide bonds. The van der Waals surface area contributed by atoms with Crippen LogP contribution >= 0.6 is 0 Å². The number of esters is 2. The number of anilines is 1. The van der Waals surface area contributed by atoms with Crippen molar-refractivity contribution in [2.75, 3.05) is 39.0 Å². The molecule has 0 radical (unpaired) electrons. The molecule has 1 unspecified atom stereocenters. The normalized spacial score (nSPS) is 12.4. The van der Waals surface area contributed by atoms with Gasteiger partial charge in [-0.3, -0.25) is 9.59 Å². The van der Waals surface area contributed by atoms with Gasteiger partial charge in [-0.2, -0.15) is 9.98 Å². The highest BCUT2D eigenvalue weighted by Gasteiger charge is 2.40. The molecule has 306 valence electrons. The van der Waals surface area contributed by atoms with E-state index in [2.05, 4.69) is 30.4 Å². The number of aliphatic hydroxyl groups excluding tert-OH is 1. The first kappa shape index (κ1) is 43.4. The van der Waals surface area contributed by atoms with Crippen molar-refractivity contribution in [1.29, 1.82) is 0 Å². The number of hydrogen-bond acceptors (Lipinski definition) is 15. The number of aromatic nitrogens is 5. The number of hydrogen-bond donors (Lipinski definition) is 3. The van der Waals surface area contributed by atoms with Gasteiger partial charge < -0.3 is 44.6 Å². The fourth-order valence-corrected chi connectivity index (χ4v) is 4.66. The number of carbonyl (C=O) groups is 3. The molecule has 0 spiro atoms. The van der Waals surface area contributed by atoms with Crippen molar-refractivity contribution in [3.8, 4) is 23.5 Å². The molecule has 2 heterocycles. The monoisotopic (exact) mass is 794 g/mol. The van der Waals surface area contributed by atoms with Crippen LogP contribution < -0.4 is 25.3 Å². The molecule has 1 atom stereocenters. The minimum absolute atomic E-state index is 0.00427. The van der Waals surface area contributed by atoms with Gasteiger partial charge in [-0.15, -0.1) is 9.78 Å². The maximum Gasteiger partial charge on any atom is 0.435 e. The molecule has 4 aromatic rings. The summed E-state index contributed by atoms with van der Waals surface area (Å²) in [6, 6.07) is 9.18. The van der Waals surface area contributed by atoms with E-state index in [-0.39, 0.29) is 65.9 Å². The van der Waals surface area contributed by atoms with E-state index < -0.39 is 48.2 Å². The lowest BCUT2D eigenvalue weighted by Crippen LogP contribution is -2.38. The molecule has 0 bridgehead atoms. The highest BCUT2D eigenvalue weighted by Crippen LogP contribution is 2.36. The first-order valence-corrected chi connectivity index (χ1v) is 17.7. The smallest absolute Gasteiger partial charge is 0.435 e. The fourth-order valence-electron chi connectivity index (χ4n) is 4.66. The third-order valence-electron chi connectivity index (χ3n) is 7.60. The molecule has 18 nitrogen and oxygen atoms in total. The number of nitrogens with two attached hydrogens (primary N) is 1. The Morgan fingerprint density at radius 3 is 2.30 bits per heavy atom. The van der Waals surface area contributed by atoms with Crippen LogP contribution in [0.4, 0.5) is 14.9 Å². The minimum Gasteiger partial charge on any atom is -0.497 e. The van der Waals surface area contributed by atoms with Gasteiger partial charge >= 0.3 is 24.0 Å². The number of nitrogens with zero attached hydrogens (tertiary/aromatic N) is 6. The van der Waals surface area contributed by atoms with E-state index in [1.807, 2.05) is 20.8 Å². The summed E-state index contributed by atoms with van der Waals surface area (Å²) in [6.07, 6.45) is 1.58. The highest BCUT2D eigenvalue weighted by atomic mass is 19.1. The number of aliphatic hydroxyl groups is 1. The molecule has 4 rings (SSSR count). The van der Waals surface area contributed by atoms with Crippen LogP contribution in [0.15, 0.2) is 59.9 Å². The van der Waals surface area contributed by atoms with Crippen LogP contribution in [0.25, 0.3) is 5.95 Å². The minimum atomic E-state index is -1.66. The van der Waals surface area contributed by atoms with Gasteiger partial charge in [0.05, 0.1) is 26.4 Å². The number of nitrogens with one attached hydrogen (secondary N) is 1. The molecule has 19 heteroatoms. The van der Waals surface area contributed by atoms with Crippen LogP contribution in [0.5, 0.6) is 17.5 Å². The number of carbonyl (C=O) groups excluding carboxylic acids is 3. The van der Waals surface area contributed by atoms with Crippen LogP contribution in [-0.2, 0) is 23.8 Å². The zero-order valence-electron chi connectivity index (χ0n) is 32.9. The quantitative estimate of drug-likeness (QED) is 0.0333. The van der Waals surface area contributed by atoms with Crippen molar-refractivity contribution in [3.05, 3.63) is 77.6 Å². The summed E-state index contributed by atoms with van der Waals surface area (Å²) < 4.78 is 49.8. The first-order chi connectivity index (χ1) is 26.9. The lowest BCUT2D eigenvalue weighted by Gasteiger charge is -2.22. The summed E-state index contributed by atoms with van der Waals surface area (Å²) in [4.78, 5) is 54.5. The van der Waals surface area contributed by atoms with Gasteiger partial charge in [0.15, 0.2) is 22.8 Å². The Morgan fingerprint density at radius 1 is 1.00 bits per heavy atom. The van der Waals surface area contributed by atoms with Gasteiger partial charge in [0.2, 0.25) is 6.79 Å². The van der Waals surface area contributed by atoms with Crippen LogP contribution in [-0.4, -0.2) is 93.5 Å². The molecule has 0 fully saturated rings. The average molecular weight is 795 g/mol. The van der Waals surface area contributed by atoms with Gasteiger partial charge in [0, 0.05) is 35.3 Å². The summed E-state index contributed by atoms with van der Waals surface area (Å²) in [5, 5.41) is 17.1. The van der Waals surface area contributed by atoms with E-state index in [0.29, 0.717) is 11.3 Å². The maximum absolute atomic E-state index is 16.4. The van der Waals surface area contributed by atoms with Crippen LogP contribution in [0.1, 0.15) is 71.5 Å². The predicted molar refractivity (Wildman–Crippen MR) is 203 cm³/mol. The molecule has 0 saturated carbocycles. The van der Waals surface area contributed by atoms with Crippen molar-refractivity contribution >= 4 is 29.6 Å². The molecule has 0 aliphatic rings. The van der Waals surface area contributed by atoms with Crippen molar-refractivity contribution in [1.82, 2.24) is 24.7 Å². The number of amides is 1. The number of rotatable bonds is 17. The summed E-state index contributed by atoms with van der Waals surface area (Å²) in [5.41, 5.74) is 4.92. The number of halogens is 1. The van der Waals surface area contributed by atoms with Gasteiger partial charge in [0.1, 0.15) is 24.2 Å². The number of methoxy groups -OCH3 is 1. The average Bonchev–Trinajstić information content (AvgIpc) is 3.59. The lowest BCUT2D eigenvalue weighted by atomic mass is 9.94. The molecule has 2 aromatic carbocycles. The van der Waals surface area contributed by atoms with E-state index in [4.69, 9.17) is 34.2 Å². The van der Waals surface area contributed by atoms with E-state index in [9.17, 15) is 19.5 Å². The van der Waals surface area contributed by atoms with Crippen molar-refractivity contribution in [2.24, 2.45) is 21.6 Å². The van der Waals surface area contributed by atoms with E-state index in [1.165, 1.54) is 45.5 Å². The second-order valence-corrected chi connectivity index (χ2v) is 14.4. The topological polar surface area (TPSA) is 234 Å².